The fraction of sp³-hybridized carbons (Fsp3) is 0.400. The summed E-state index contributed by atoms with van der Waals surface area (Å²) < 4.78 is 19.2. The van der Waals surface area contributed by atoms with E-state index in [4.69, 9.17) is 9.84 Å². The maximum Gasteiger partial charge on any atom is 0.124 e. The Labute approximate surface area is 148 Å². The Kier molecular flexibility index (Phi) is 6.25. The number of likely N-dealkylation sites (tertiary alicyclic amines) is 1. The molecule has 1 aromatic rings. The van der Waals surface area contributed by atoms with E-state index in [-0.39, 0.29) is 12.4 Å². The van der Waals surface area contributed by atoms with Crippen molar-refractivity contribution in [2.75, 3.05) is 26.2 Å². The van der Waals surface area contributed by atoms with Gasteiger partial charge in [-0.15, -0.1) is 0 Å². The van der Waals surface area contributed by atoms with Gasteiger partial charge in [0, 0.05) is 31.4 Å². The van der Waals surface area contributed by atoms with Gasteiger partial charge in [0.1, 0.15) is 18.2 Å². The van der Waals surface area contributed by atoms with Crippen LogP contribution in [0.25, 0.3) is 0 Å². The highest BCUT2D eigenvalue weighted by atomic mass is 19.1. The molecule has 0 aromatic heterocycles. The number of nitrogens with zero attached hydrogens (tertiary/aromatic N) is 1. The Hall–Kier alpha value is -2.11. The van der Waals surface area contributed by atoms with E-state index in [0.29, 0.717) is 12.6 Å². The van der Waals surface area contributed by atoms with Crippen LogP contribution in [0.2, 0.25) is 0 Å². The molecule has 2 N–H and O–H groups in total. The number of halogens is 1. The lowest BCUT2D eigenvalue weighted by Gasteiger charge is -2.18. The summed E-state index contributed by atoms with van der Waals surface area (Å²) in [5.41, 5.74) is 1.75. The third-order valence-electron chi connectivity index (χ3n) is 4.47. The SMILES string of the molecule is OCc1ccc(OCCN2CCC(NC3=CCC=CC(F)=C3)C2)cc1. The van der Waals surface area contributed by atoms with Crippen molar-refractivity contribution in [3.63, 3.8) is 0 Å². The second kappa shape index (κ2) is 8.83. The van der Waals surface area contributed by atoms with Gasteiger partial charge in [-0.1, -0.05) is 24.3 Å². The molecule has 0 radical (unpaired) electrons. The predicted octanol–water partition coefficient (Wildman–Crippen LogP) is 2.92. The van der Waals surface area contributed by atoms with Crippen LogP contribution in [0.15, 0.2) is 60.1 Å². The summed E-state index contributed by atoms with van der Waals surface area (Å²) in [7, 11) is 0. The van der Waals surface area contributed by atoms with E-state index in [1.807, 2.05) is 36.4 Å². The molecule has 1 fully saturated rings. The highest BCUT2D eigenvalue weighted by molar-refractivity contribution is 5.29. The van der Waals surface area contributed by atoms with Crippen LogP contribution < -0.4 is 10.1 Å². The van der Waals surface area contributed by atoms with Crippen molar-refractivity contribution in [2.45, 2.75) is 25.5 Å². The zero-order chi connectivity index (χ0) is 17.5. The molecule has 3 rings (SSSR count). The molecule has 1 atom stereocenters. The minimum Gasteiger partial charge on any atom is -0.492 e. The van der Waals surface area contributed by atoms with E-state index in [2.05, 4.69) is 10.2 Å². The van der Waals surface area contributed by atoms with Crippen molar-refractivity contribution in [3.05, 3.63) is 65.7 Å². The van der Waals surface area contributed by atoms with Crippen LogP contribution in [0.4, 0.5) is 4.39 Å². The normalized spacial score (nSPS) is 20.8. The predicted molar refractivity (Wildman–Crippen MR) is 96.9 cm³/mol. The van der Waals surface area contributed by atoms with Crippen molar-refractivity contribution in [1.29, 1.82) is 0 Å². The smallest absolute Gasteiger partial charge is 0.124 e. The van der Waals surface area contributed by atoms with Crippen LogP contribution in [-0.2, 0) is 6.61 Å². The molecule has 4 nitrogen and oxygen atoms in total. The molecule has 0 amide bonds. The van der Waals surface area contributed by atoms with Crippen molar-refractivity contribution < 1.29 is 14.2 Å². The van der Waals surface area contributed by atoms with E-state index in [1.54, 1.807) is 6.08 Å². The second-order valence-electron chi connectivity index (χ2n) is 6.41. The first-order valence-electron chi connectivity index (χ1n) is 8.78. The zero-order valence-electron chi connectivity index (χ0n) is 14.3. The van der Waals surface area contributed by atoms with Crippen LogP contribution in [-0.4, -0.2) is 42.3 Å². The molecular formula is C20H25FN2O2. The molecule has 134 valence electrons. The minimum absolute atomic E-state index is 0.0496. The van der Waals surface area contributed by atoms with Crippen LogP contribution in [0.5, 0.6) is 5.75 Å². The summed E-state index contributed by atoms with van der Waals surface area (Å²) in [5, 5.41) is 12.5. The summed E-state index contributed by atoms with van der Waals surface area (Å²) in [6, 6.07) is 7.85. The monoisotopic (exact) mass is 344 g/mol. The molecule has 1 heterocycles. The Bertz CT molecular complexity index is 652. The molecule has 1 aliphatic carbocycles. The molecule has 0 saturated carbocycles. The standard InChI is InChI=1S/C20H25FN2O2/c21-17-3-1-2-4-18(13-17)22-19-9-10-23(14-19)11-12-25-20-7-5-16(15-24)6-8-20/h1,3-8,13,19,22,24H,2,9-12,14-15H2. The van der Waals surface area contributed by atoms with Gasteiger partial charge in [-0.3, -0.25) is 4.90 Å². The fourth-order valence-electron chi connectivity index (χ4n) is 3.10. The minimum atomic E-state index is -0.202. The molecule has 1 aliphatic heterocycles. The number of benzene rings is 1. The van der Waals surface area contributed by atoms with Gasteiger partial charge in [0.25, 0.3) is 0 Å². The number of hydrogen-bond acceptors (Lipinski definition) is 4. The fourth-order valence-corrected chi connectivity index (χ4v) is 3.10. The Morgan fingerprint density at radius 1 is 1.28 bits per heavy atom. The quantitative estimate of drug-likeness (QED) is 0.798. The molecule has 1 unspecified atom stereocenters. The Morgan fingerprint density at radius 2 is 2.12 bits per heavy atom. The number of allylic oxidation sites excluding steroid dienone is 5. The van der Waals surface area contributed by atoms with E-state index in [0.717, 1.165) is 49.5 Å². The van der Waals surface area contributed by atoms with Gasteiger partial charge in [0.05, 0.1) is 6.61 Å². The summed E-state index contributed by atoms with van der Waals surface area (Å²) in [6.45, 7) is 3.50. The van der Waals surface area contributed by atoms with Gasteiger partial charge < -0.3 is 15.2 Å². The summed E-state index contributed by atoms with van der Waals surface area (Å²) in [5.74, 6) is 0.620. The van der Waals surface area contributed by atoms with Gasteiger partial charge in [0.15, 0.2) is 0 Å². The number of aliphatic hydroxyl groups is 1. The van der Waals surface area contributed by atoms with Gasteiger partial charge >= 0.3 is 0 Å². The number of hydrogen-bond donors (Lipinski definition) is 2. The number of nitrogens with one attached hydrogen (secondary N) is 1. The molecule has 2 aliphatic rings. The maximum atomic E-state index is 13.5. The Morgan fingerprint density at radius 3 is 2.92 bits per heavy atom. The summed E-state index contributed by atoms with van der Waals surface area (Å²) in [6.07, 6.45) is 8.72. The highest BCUT2D eigenvalue weighted by Gasteiger charge is 2.22. The van der Waals surface area contributed by atoms with Crippen LogP contribution in [0.3, 0.4) is 0 Å². The highest BCUT2D eigenvalue weighted by Crippen LogP contribution is 2.16. The van der Waals surface area contributed by atoms with Gasteiger partial charge in [-0.05, 0) is 42.7 Å². The molecule has 1 aromatic carbocycles. The average molecular weight is 344 g/mol. The number of ether oxygens (including phenoxy) is 1. The van der Waals surface area contributed by atoms with Crippen LogP contribution >= 0.6 is 0 Å². The lowest BCUT2D eigenvalue weighted by atomic mass is 10.2. The molecule has 0 bridgehead atoms. The van der Waals surface area contributed by atoms with Crippen LogP contribution in [0, 0.1) is 0 Å². The van der Waals surface area contributed by atoms with E-state index >= 15 is 0 Å². The molecule has 0 spiro atoms. The molecule has 1 saturated heterocycles. The molecule has 5 heteroatoms. The lowest BCUT2D eigenvalue weighted by Crippen LogP contribution is -2.33. The summed E-state index contributed by atoms with van der Waals surface area (Å²) >= 11 is 0. The first kappa shape index (κ1) is 17.7. The first-order chi connectivity index (χ1) is 12.2. The maximum absolute atomic E-state index is 13.5. The number of aliphatic hydroxyl groups excluding tert-OH is 1. The third kappa shape index (κ3) is 5.44. The van der Waals surface area contributed by atoms with Gasteiger partial charge in [-0.2, -0.15) is 0 Å². The zero-order valence-corrected chi connectivity index (χ0v) is 14.3. The average Bonchev–Trinajstić information content (AvgIpc) is 2.96. The number of rotatable bonds is 7. The van der Waals surface area contributed by atoms with Crippen molar-refractivity contribution in [3.8, 4) is 5.75 Å². The van der Waals surface area contributed by atoms with Gasteiger partial charge in [-0.25, -0.2) is 4.39 Å². The largest absolute Gasteiger partial charge is 0.492 e. The topological polar surface area (TPSA) is 44.7 Å². The van der Waals surface area contributed by atoms with E-state index in [1.165, 1.54) is 6.08 Å². The van der Waals surface area contributed by atoms with Crippen LogP contribution in [0.1, 0.15) is 18.4 Å². The van der Waals surface area contributed by atoms with Crippen molar-refractivity contribution in [2.24, 2.45) is 0 Å². The van der Waals surface area contributed by atoms with E-state index in [9.17, 15) is 4.39 Å². The molecule has 25 heavy (non-hydrogen) atoms. The van der Waals surface area contributed by atoms with Crippen molar-refractivity contribution >= 4 is 0 Å². The lowest BCUT2D eigenvalue weighted by molar-refractivity contribution is 0.235. The second-order valence-corrected chi connectivity index (χ2v) is 6.41. The summed E-state index contributed by atoms with van der Waals surface area (Å²) in [4.78, 5) is 2.36. The molecular weight excluding hydrogens is 319 g/mol. The first-order valence-corrected chi connectivity index (χ1v) is 8.78. The third-order valence-corrected chi connectivity index (χ3v) is 4.47. The van der Waals surface area contributed by atoms with Crippen molar-refractivity contribution in [1.82, 2.24) is 10.2 Å². The Balaban J connectivity index is 1.39. The van der Waals surface area contributed by atoms with E-state index < -0.39 is 0 Å². The van der Waals surface area contributed by atoms with Gasteiger partial charge in [0.2, 0.25) is 0 Å².